The van der Waals surface area contributed by atoms with E-state index in [-0.39, 0.29) is 17.3 Å². The number of benzene rings is 3. The molecule has 168 valence electrons. The van der Waals surface area contributed by atoms with Crippen molar-refractivity contribution in [2.45, 2.75) is 17.8 Å². The van der Waals surface area contributed by atoms with Gasteiger partial charge in [-0.2, -0.15) is 0 Å². The Labute approximate surface area is 203 Å². The Morgan fingerprint density at radius 1 is 0.971 bits per heavy atom. The monoisotopic (exact) mass is 466 g/mol. The van der Waals surface area contributed by atoms with Gasteiger partial charge in [0.05, 0.1) is 5.41 Å². The van der Waals surface area contributed by atoms with Crippen LogP contribution in [0.15, 0.2) is 109 Å². The molecule has 2 aliphatic carbocycles. The summed E-state index contributed by atoms with van der Waals surface area (Å²) in [5.41, 5.74) is 2.27. The van der Waals surface area contributed by atoms with Crippen molar-refractivity contribution in [1.29, 1.82) is 0 Å². The molecule has 0 bridgehead atoms. The van der Waals surface area contributed by atoms with Crippen LogP contribution in [0.1, 0.15) is 29.0 Å². The number of allylic oxidation sites excluding steroid dienone is 5. The zero-order valence-electron chi connectivity index (χ0n) is 18.4. The number of hydrogen-bond donors (Lipinski definition) is 1. The fourth-order valence-electron chi connectivity index (χ4n) is 5.60. The Balaban J connectivity index is 1.83. The van der Waals surface area contributed by atoms with Gasteiger partial charge >= 0.3 is 0 Å². The number of hydrogen-bond acceptors (Lipinski definition) is 3. The van der Waals surface area contributed by atoms with E-state index in [1.165, 1.54) is 12.1 Å². The van der Waals surface area contributed by atoms with Gasteiger partial charge in [-0.15, -0.1) is 0 Å². The lowest BCUT2D eigenvalue weighted by Crippen LogP contribution is -2.54. The van der Waals surface area contributed by atoms with Gasteiger partial charge in [0, 0.05) is 22.4 Å². The summed E-state index contributed by atoms with van der Waals surface area (Å²) >= 11 is 6.64. The lowest BCUT2D eigenvalue weighted by molar-refractivity contribution is -0.131. The van der Waals surface area contributed by atoms with E-state index in [2.05, 4.69) is 6.58 Å². The van der Waals surface area contributed by atoms with Crippen LogP contribution in [-0.4, -0.2) is 16.7 Å². The van der Waals surface area contributed by atoms with Gasteiger partial charge in [-0.1, -0.05) is 97.1 Å². The van der Waals surface area contributed by atoms with Crippen molar-refractivity contribution in [1.82, 2.24) is 0 Å². The largest absolute Gasteiger partial charge is 0.508 e. The number of halogens is 1. The molecular formula is C30H23ClO3. The number of ketones is 2. The van der Waals surface area contributed by atoms with E-state index in [9.17, 15) is 14.7 Å². The zero-order chi connectivity index (χ0) is 23.9. The quantitative estimate of drug-likeness (QED) is 0.481. The summed E-state index contributed by atoms with van der Waals surface area (Å²) in [5, 5.41) is 10.3. The Morgan fingerprint density at radius 3 is 2.29 bits per heavy atom. The van der Waals surface area contributed by atoms with Crippen LogP contribution in [0, 0.1) is 5.92 Å². The first-order chi connectivity index (χ1) is 16.5. The number of Topliss-reactive ketones (excluding diaryl/α,β-unsaturated/α-hetero) is 1. The highest BCUT2D eigenvalue weighted by molar-refractivity contribution is 6.33. The molecule has 3 nitrogen and oxygen atoms in total. The lowest BCUT2D eigenvalue weighted by Gasteiger charge is -2.50. The van der Waals surface area contributed by atoms with Crippen molar-refractivity contribution >= 4 is 28.7 Å². The summed E-state index contributed by atoms with van der Waals surface area (Å²) in [5.74, 6) is -1.31. The zero-order valence-corrected chi connectivity index (χ0v) is 19.2. The van der Waals surface area contributed by atoms with Crippen LogP contribution in [0.25, 0.3) is 5.57 Å². The molecule has 0 saturated carbocycles. The van der Waals surface area contributed by atoms with Gasteiger partial charge in [-0.05, 0) is 46.9 Å². The number of fused-ring (bicyclic) bond motifs is 1. The number of phenols is 1. The van der Waals surface area contributed by atoms with Crippen molar-refractivity contribution in [2.24, 2.45) is 5.92 Å². The van der Waals surface area contributed by atoms with Crippen molar-refractivity contribution in [2.75, 3.05) is 0 Å². The fraction of sp³-hybridized carbons (Fsp3) is 0.133. The predicted molar refractivity (Wildman–Crippen MR) is 135 cm³/mol. The first-order valence-electron chi connectivity index (χ1n) is 11.2. The molecule has 3 aromatic rings. The van der Waals surface area contributed by atoms with Crippen LogP contribution in [0.2, 0.25) is 5.02 Å². The molecule has 0 heterocycles. The number of carbonyl (C=O) groups excluding carboxylic acids is 2. The van der Waals surface area contributed by atoms with Crippen LogP contribution >= 0.6 is 11.6 Å². The fourth-order valence-corrected chi connectivity index (χ4v) is 5.89. The van der Waals surface area contributed by atoms with Gasteiger partial charge in [0.15, 0.2) is 11.6 Å². The number of phenolic OH excluding ortho intramolecular Hbond substituents is 1. The van der Waals surface area contributed by atoms with Crippen molar-refractivity contribution in [3.63, 3.8) is 0 Å². The highest BCUT2D eigenvalue weighted by Gasteiger charge is 2.59. The third-order valence-electron chi connectivity index (χ3n) is 7.06. The average molecular weight is 467 g/mol. The van der Waals surface area contributed by atoms with Crippen LogP contribution in [0.5, 0.6) is 5.75 Å². The molecule has 2 aliphatic rings. The minimum absolute atomic E-state index is 0.0382. The highest BCUT2D eigenvalue weighted by atomic mass is 35.5. The first kappa shape index (κ1) is 22.1. The molecule has 0 fully saturated rings. The molecule has 3 aromatic carbocycles. The molecule has 0 aliphatic heterocycles. The lowest BCUT2D eigenvalue weighted by atomic mass is 9.50. The maximum Gasteiger partial charge on any atom is 0.168 e. The Bertz CT molecular complexity index is 1350. The first-order valence-corrected chi connectivity index (χ1v) is 11.6. The van der Waals surface area contributed by atoms with E-state index < -0.39 is 17.3 Å². The van der Waals surface area contributed by atoms with Crippen LogP contribution < -0.4 is 0 Å². The molecular weight excluding hydrogens is 444 g/mol. The smallest absolute Gasteiger partial charge is 0.168 e. The van der Waals surface area contributed by atoms with Crippen LogP contribution in [0.4, 0.5) is 0 Å². The third-order valence-corrected chi connectivity index (χ3v) is 7.39. The Morgan fingerprint density at radius 2 is 1.65 bits per heavy atom. The average Bonchev–Trinajstić information content (AvgIpc) is 2.86. The summed E-state index contributed by atoms with van der Waals surface area (Å²) in [6, 6.07) is 23.6. The minimum Gasteiger partial charge on any atom is -0.508 e. The highest BCUT2D eigenvalue weighted by Crippen LogP contribution is 2.58. The second kappa shape index (κ2) is 8.58. The van der Waals surface area contributed by atoms with Gasteiger partial charge in [0.1, 0.15) is 5.75 Å². The molecule has 0 aromatic heterocycles. The summed E-state index contributed by atoms with van der Waals surface area (Å²) < 4.78 is 0. The summed E-state index contributed by atoms with van der Waals surface area (Å²) in [6.45, 7) is 4.00. The van der Waals surface area contributed by atoms with Gasteiger partial charge in [-0.3, -0.25) is 9.59 Å². The summed E-state index contributed by atoms with van der Waals surface area (Å²) in [6.07, 6.45) is 5.65. The topological polar surface area (TPSA) is 54.4 Å². The number of aromatic hydroxyl groups is 1. The predicted octanol–water partition coefficient (Wildman–Crippen LogP) is 6.43. The van der Waals surface area contributed by atoms with Gasteiger partial charge in [-0.25, -0.2) is 0 Å². The molecule has 4 heteroatoms. The Kier molecular flexibility index (Phi) is 5.59. The molecule has 3 atom stereocenters. The standard InChI is InChI=1S/C30H23ClO3/c1-2-19-13-16-25-29(34)24(20-9-5-3-6-10-20)18-27(33)30(25,21-11-7-4-8-12-21)28(19)23-15-14-22(32)17-26(23)31/h2-15,17-18,25,28,32H,1,16H2/t25-,28+,30-/m0/s1. The minimum atomic E-state index is -1.19. The summed E-state index contributed by atoms with van der Waals surface area (Å²) in [4.78, 5) is 28.4. The molecule has 0 spiro atoms. The maximum atomic E-state index is 14.3. The van der Waals surface area contributed by atoms with Crippen LogP contribution in [0.3, 0.4) is 0 Å². The maximum absolute atomic E-state index is 14.3. The molecule has 5 rings (SSSR count). The van der Waals surface area contributed by atoms with Gasteiger partial charge in [0.2, 0.25) is 0 Å². The molecule has 0 unspecified atom stereocenters. The normalized spacial score (nSPS) is 24.1. The number of carbonyl (C=O) groups is 2. The summed E-state index contributed by atoms with van der Waals surface area (Å²) in [7, 11) is 0. The van der Waals surface area contributed by atoms with Crippen LogP contribution in [-0.2, 0) is 15.0 Å². The van der Waals surface area contributed by atoms with Crippen molar-refractivity contribution in [3.8, 4) is 5.75 Å². The van der Waals surface area contributed by atoms with E-state index in [0.29, 0.717) is 22.6 Å². The Hall–Kier alpha value is -3.69. The SMILES string of the molecule is C=CC1=CC[C@H]2C(=O)C(c3ccccc3)=CC(=O)[C@@]2(c2ccccc2)[C@H]1c1ccc(O)cc1Cl. The van der Waals surface area contributed by atoms with Crippen molar-refractivity contribution in [3.05, 3.63) is 131 Å². The third kappa shape index (κ3) is 3.27. The second-order valence-electron chi connectivity index (χ2n) is 8.72. The van der Waals surface area contributed by atoms with E-state index in [4.69, 9.17) is 11.6 Å². The number of rotatable bonds is 4. The molecule has 0 saturated heterocycles. The molecule has 0 radical (unpaired) electrons. The van der Waals surface area contributed by atoms with E-state index in [1.54, 1.807) is 18.2 Å². The second-order valence-corrected chi connectivity index (χ2v) is 9.13. The van der Waals surface area contributed by atoms with E-state index >= 15 is 0 Å². The van der Waals surface area contributed by atoms with Gasteiger partial charge < -0.3 is 5.11 Å². The van der Waals surface area contributed by atoms with E-state index in [1.807, 2.05) is 66.7 Å². The molecule has 0 amide bonds. The van der Waals surface area contributed by atoms with E-state index in [0.717, 1.165) is 16.7 Å². The molecule has 34 heavy (non-hydrogen) atoms. The molecule has 1 N–H and O–H groups in total. The van der Waals surface area contributed by atoms with Gasteiger partial charge in [0.25, 0.3) is 0 Å². The van der Waals surface area contributed by atoms with Crippen molar-refractivity contribution < 1.29 is 14.7 Å².